The van der Waals surface area contributed by atoms with Gasteiger partial charge in [-0.3, -0.25) is 9.59 Å². The number of Topliss-reactive ketones (excluding diaryl/α,β-unsaturated/α-hetero) is 1. The largest absolute Gasteiger partial charge is 0.465 e. The molecule has 0 radical (unpaired) electrons. The van der Waals surface area contributed by atoms with Crippen molar-refractivity contribution in [3.8, 4) is 0 Å². The zero-order chi connectivity index (χ0) is 13.5. The van der Waals surface area contributed by atoms with Gasteiger partial charge in [0, 0.05) is 12.3 Å². The van der Waals surface area contributed by atoms with Gasteiger partial charge in [-0.25, -0.2) is 0 Å². The highest BCUT2D eigenvalue weighted by atomic mass is 16.5. The summed E-state index contributed by atoms with van der Waals surface area (Å²) in [6.07, 6.45) is 3.24. The van der Waals surface area contributed by atoms with Crippen LogP contribution in [0.5, 0.6) is 0 Å². The molecule has 0 N–H and O–H groups in total. The van der Waals surface area contributed by atoms with E-state index in [2.05, 4.69) is 0 Å². The van der Waals surface area contributed by atoms with E-state index in [-0.39, 0.29) is 17.7 Å². The van der Waals surface area contributed by atoms with Crippen LogP contribution in [0.15, 0.2) is 35.9 Å². The Balaban J connectivity index is 1.95. The average molecular weight is 256 g/mol. The van der Waals surface area contributed by atoms with Crippen molar-refractivity contribution >= 4 is 17.8 Å². The first-order valence-corrected chi connectivity index (χ1v) is 6.69. The van der Waals surface area contributed by atoms with Gasteiger partial charge >= 0.3 is 5.97 Å². The first kappa shape index (κ1) is 12.2. The number of benzene rings is 1. The highest BCUT2D eigenvalue weighted by Crippen LogP contribution is 2.67. The Labute approximate surface area is 112 Å². The molecule has 1 aromatic carbocycles. The van der Waals surface area contributed by atoms with Crippen molar-refractivity contribution in [2.45, 2.75) is 19.8 Å². The van der Waals surface area contributed by atoms with E-state index in [9.17, 15) is 9.59 Å². The Morgan fingerprint density at radius 2 is 2.16 bits per heavy atom. The van der Waals surface area contributed by atoms with Crippen LogP contribution >= 0.6 is 0 Å². The van der Waals surface area contributed by atoms with Crippen molar-refractivity contribution in [1.82, 2.24) is 0 Å². The van der Waals surface area contributed by atoms with Gasteiger partial charge in [-0.1, -0.05) is 36.4 Å². The minimum absolute atomic E-state index is 0.0260. The molecule has 2 atom stereocenters. The molecule has 0 aromatic heterocycles. The van der Waals surface area contributed by atoms with Gasteiger partial charge < -0.3 is 4.74 Å². The standard InChI is InChI=1S/C16H16O3/c1-2-19-15(18)16-12(8-9-14(16)17)13(16)10-11-6-4-3-5-7-11/h3-7,10,12H,2,8-9H2,1H3/b13-10+/t12-,16+/m1/s1. The predicted octanol–water partition coefficient (Wildman–Crippen LogP) is 2.61. The third kappa shape index (κ3) is 1.65. The van der Waals surface area contributed by atoms with E-state index < -0.39 is 5.41 Å². The van der Waals surface area contributed by atoms with Gasteiger partial charge in [-0.05, 0) is 24.5 Å². The lowest BCUT2D eigenvalue weighted by atomic mass is 10.00. The van der Waals surface area contributed by atoms with Crippen LogP contribution < -0.4 is 0 Å². The monoisotopic (exact) mass is 256 g/mol. The fourth-order valence-corrected chi connectivity index (χ4v) is 3.18. The third-order valence-corrected chi connectivity index (χ3v) is 4.09. The summed E-state index contributed by atoms with van der Waals surface area (Å²) in [4.78, 5) is 24.2. The smallest absolute Gasteiger partial charge is 0.324 e. The molecule has 1 aromatic rings. The lowest BCUT2D eigenvalue weighted by Crippen LogP contribution is -2.26. The summed E-state index contributed by atoms with van der Waals surface area (Å²) in [7, 11) is 0. The summed E-state index contributed by atoms with van der Waals surface area (Å²) in [5.41, 5.74) is 1.03. The number of carbonyl (C=O) groups excluding carboxylic acids is 2. The van der Waals surface area contributed by atoms with Crippen LogP contribution in [0.4, 0.5) is 0 Å². The molecule has 3 nitrogen and oxygen atoms in total. The average Bonchev–Trinajstić information content (AvgIpc) is 2.91. The Kier molecular flexibility index (Phi) is 2.77. The maximum absolute atomic E-state index is 12.1. The van der Waals surface area contributed by atoms with Gasteiger partial charge in [0.05, 0.1) is 6.61 Å². The van der Waals surface area contributed by atoms with Crippen molar-refractivity contribution in [3.63, 3.8) is 0 Å². The molecule has 19 heavy (non-hydrogen) atoms. The maximum Gasteiger partial charge on any atom is 0.324 e. The molecule has 98 valence electrons. The molecule has 0 unspecified atom stereocenters. The summed E-state index contributed by atoms with van der Waals surface area (Å²) in [5.74, 6) is -0.262. The van der Waals surface area contributed by atoms with Gasteiger partial charge in [0.25, 0.3) is 0 Å². The number of ether oxygens (including phenoxy) is 1. The Bertz CT molecular complexity index is 559. The fraction of sp³-hybridized carbons (Fsp3) is 0.375. The van der Waals surface area contributed by atoms with Gasteiger partial charge in [0.1, 0.15) is 0 Å². The van der Waals surface area contributed by atoms with E-state index in [4.69, 9.17) is 4.74 Å². The first-order valence-electron chi connectivity index (χ1n) is 6.69. The van der Waals surface area contributed by atoms with Crippen LogP contribution in [0, 0.1) is 11.3 Å². The Hall–Kier alpha value is -1.90. The van der Waals surface area contributed by atoms with Crippen molar-refractivity contribution in [2.24, 2.45) is 11.3 Å². The van der Waals surface area contributed by atoms with E-state index in [0.29, 0.717) is 13.0 Å². The van der Waals surface area contributed by atoms with Crippen molar-refractivity contribution in [1.29, 1.82) is 0 Å². The second-order valence-corrected chi connectivity index (χ2v) is 5.05. The molecule has 2 aliphatic carbocycles. The zero-order valence-corrected chi connectivity index (χ0v) is 10.9. The van der Waals surface area contributed by atoms with Crippen LogP contribution in [-0.2, 0) is 14.3 Å². The van der Waals surface area contributed by atoms with Gasteiger partial charge in [-0.2, -0.15) is 0 Å². The molecule has 3 rings (SSSR count). The number of fused-ring (bicyclic) bond motifs is 1. The van der Waals surface area contributed by atoms with Crippen molar-refractivity contribution in [3.05, 3.63) is 41.5 Å². The summed E-state index contributed by atoms with van der Waals surface area (Å²) in [6.45, 7) is 2.09. The molecular formula is C16H16O3. The molecule has 2 saturated carbocycles. The summed E-state index contributed by atoms with van der Waals surface area (Å²) in [5, 5.41) is 0. The van der Waals surface area contributed by atoms with E-state index in [1.165, 1.54) is 0 Å². The molecule has 0 spiro atoms. The lowest BCUT2D eigenvalue weighted by molar-refractivity contribution is -0.152. The van der Waals surface area contributed by atoms with Crippen LogP contribution in [0.2, 0.25) is 0 Å². The van der Waals surface area contributed by atoms with E-state index in [1.54, 1.807) is 6.92 Å². The number of hydrogen-bond donors (Lipinski definition) is 0. The second-order valence-electron chi connectivity index (χ2n) is 5.05. The highest BCUT2D eigenvalue weighted by Gasteiger charge is 2.73. The summed E-state index contributed by atoms with van der Waals surface area (Å²) < 4.78 is 5.11. The van der Waals surface area contributed by atoms with Crippen molar-refractivity contribution < 1.29 is 14.3 Å². The number of esters is 1. The molecule has 0 bridgehead atoms. The predicted molar refractivity (Wildman–Crippen MR) is 71.2 cm³/mol. The van der Waals surface area contributed by atoms with Crippen LogP contribution in [0.3, 0.4) is 0 Å². The van der Waals surface area contributed by atoms with Crippen LogP contribution in [0.25, 0.3) is 6.08 Å². The lowest BCUT2D eigenvalue weighted by Gasteiger charge is -2.09. The fourth-order valence-electron chi connectivity index (χ4n) is 3.18. The van der Waals surface area contributed by atoms with E-state index in [0.717, 1.165) is 17.6 Å². The third-order valence-electron chi connectivity index (χ3n) is 4.09. The molecule has 0 saturated heterocycles. The normalized spacial score (nSPS) is 30.3. The number of hydrogen-bond acceptors (Lipinski definition) is 3. The minimum Gasteiger partial charge on any atom is -0.465 e. The van der Waals surface area contributed by atoms with Crippen LogP contribution in [0.1, 0.15) is 25.3 Å². The van der Waals surface area contributed by atoms with Gasteiger partial charge in [-0.15, -0.1) is 0 Å². The SMILES string of the molecule is CCOC(=O)[C@@]12C(=O)CC[C@@H]1/C2=C\c1ccccc1. The van der Waals surface area contributed by atoms with Gasteiger partial charge in [0.2, 0.25) is 0 Å². The van der Waals surface area contributed by atoms with Crippen molar-refractivity contribution in [2.75, 3.05) is 6.61 Å². The number of ketones is 1. The Morgan fingerprint density at radius 3 is 2.84 bits per heavy atom. The zero-order valence-electron chi connectivity index (χ0n) is 10.9. The van der Waals surface area contributed by atoms with Gasteiger partial charge in [0.15, 0.2) is 11.2 Å². The highest BCUT2D eigenvalue weighted by molar-refractivity contribution is 6.16. The topological polar surface area (TPSA) is 43.4 Å². The quantitative estimate of drug-likeness (QED) is 0.616. The number of rotatable bonds is 3. The molecule has 2 aliphatic rings. The van der Waals surface area contributed by atoms with Crippen LogP contribution in [-0.4, -0.2) is 18.4 Å². The minimum atomic E-state index is -0.939. The molecular weight excluding hydrogens is 240 g/mol. The molecule has 0 amide bonds. The number of carbonyl (C=O) groups is 2. The maximum atomic E-state index is 12.1. The first-order chi connectivity index (χ1) is 9.21. The molecule has 2 fully saturated rings. The molecule has 0 aliphatic heterocycles. The molecule has 3 heteroatoms. The second kappa shape index (κ2) is 4.34. The summed E-state index contributed by atoms with van der Waals surface area (Å²) in [6, 6.07) is 9.80. The molecule has 0 heterocycles. The summed E-state index contributed by atoms with van der Waals surface area (Å²) >= 11 is 0. The van der Waals surface area contributed by atoms with E-state index >= 15 is 0 Å². The Morgan fingerprint density at radius 1 is 1.42 bits per heavy atom. The van der Waals surface area contributed by atoms with E-state index in [1.807, 2.05) is 36.4 Å².